The molecule has 0 fully saturated rings. The second-order valence-corrected chi connectivity index (χ2v) is 12.9. The molecule has 0 saturated heterocycles. The summed E-state index contributed by atoms with van der Waals surface area (Å²) < 4.78 is 12.0. The van der Waals surface area contributed by atoms with Crippen LogP contribution in [0, 0.1) is 17.2 Å². The molecule has 0 saturated carbocycles. The lowest BCUT2D eigenvalue weighted by Gasteiger charge is -2.25. The van der Waals surface area contributed by atoms with Gasteiger partial charge in [0.25, 0.3) is 11.8 Å². The molecular weight excluding hydrogens is 659 g/mol. The number of nitrogens with zero attached hydrogens (tertiary/aromatic N) is 4. The summed E-state index contributed by atoms with van der Waals surface area (Å²) in [5.41, 5.74) is 0.504. The lowest BCUT2D eigenvalue weighted by molar-refractivity contribution is -0.127. The summed E-state index contributed by atoms with van der Waals surface area (Å²) in [5.74, 6) is 1.56. The van der Waals surface area contributed by atoms with Crippen LogP contribution in [0.25, 0.3) is 0 Å². The Morgan fingerprint density at radius 2 is 1.47 bits per heavy atom. The van der Waals surface area contributed by atoms with Gasteiger partial charge < -0.3 is 14.3 Å². The van der Waals surface area contributed by atoms with Crippen LogP contribution in [0.5, 0.6) is 23.0 Å². The predicted molar refractivity (Wildman–Crippen MR) is 191 cm³/mol. The first-order valence-corrected chi connectivity index (χ1v) is 17.9. The molecule has 12 heteroatoms. The Labute approximate surface area is 293 Å². The Bertz CT molecular complexity index is 1760. The number of thiazole rings is 2. The van der Waals surface area contributed by atoms with E-state index >= 15 is 0 Å². The molecule has 0 spiro atoms. The number of aromatic nitrogens is 2. The van der Waals surface area contributed by atoms with Crippen molar-refractivity contribution >= 4 is 44.8 Å². The van der Waals surface area contributed by atoms with Gasteiger partial charge in [-0.2, -0.15) is 5.26 Å². The molecule has 2 atom stereocenters. The van der Waals surface area contributed by atoms with Gasteiger partial charge in [-0.25, -0.2) is 9.97 Å². The van der Waals surface area contributed by atoms with E-state index in [0.29, 0.717) is 65.2 Å². The topological polar surface area (TPSA) is 127 Å². The highest BCUT2D eigenvalue weighted by atomic mass is 32.1. The van der Waals surface area contributed by atoms with Crippen molar-refractivity contribution in [3.63, 3.8) is 0 Å². The van der Waals surface area contributed by atoms with E-state index in [-0.39, 0.29) is 17.7 Å². The number of nitrogens with one attached hydrogen (secondary N) is 1. The maximum Gasteiger partial charge on any atom is 0.267 e. The molecule has 0 aliphatic rings. The Morgan fingerprint density at radius 1 is 0.816 bits per heavy atom. The van der Waals surface area contributed by atoms with Crippen LogP contribution in [0.4, 0.5) is 10.3 Å². The van der Waals surface area contributed by atoms with Crippen molar-refractivity contribution in [3.05, 3.63) is 108 Å². The first kappa shape index (κ1) is 35.1. The van der Waals surface area contributed by atoms with Crippen LogP contribution >= 0.6 is 22.7 Å². The van der Waals surface area contributed by atoms with E-state index in [9.17, 15) is 9.59 Å². The highest BCUT2D eigenvalue weighted by molar-refractivity contribution is 7.14. The molecular formula is C37H37N5O5S2. The fourth-order valence-corrected chi connectivity index (χ4v) is 6.13. The van der Waals surface area contributed by atoms with Gasteiger partial charge in [0.05, 0.1) is 11.6 Å². The first-order valence-electron chi connectivity index (χ1n) is 16.1. The van der Waals surface area contributed by atoms with Gasteiger partial charge in [0.1, 0.15) is 17.2 Å². The number of hydrogen-bond acceptors (Lipinski definition) is 10. The number of amides is 2. The standard InChI is InChI=1S/C37H37N5O5S2/c1-2-3-9-28(10-7-8-13-33(34(43)41-36-39-22-24-48-36)46-31-16-14-27(26-38)15-17-31)35(44)42(37-40-23-25-49-37)47-32-20-18-30(19-21-32)45-29-11-5-4-6-12-29/h4-6,11-12,14-25,28,33H,2-3,7-10,13H2,1H3,(H,39,41,43). The molecule has 3 aromatic carbocycles. The summed E-state index contributed by atoms with van der Waals surface area (Å²) in [4.78, 5) is 42.0. The summed E-state index contributed by atoms with van der Waals surface area (Å²) in [6.45, 7) is 2.10. The van der Waals surface area contributed by atoms with Gasteiger partial charge in [0.15, 0.2) is 17.0 Å². The van der Waals surface area contributed by atoms with Gasteiger partial charge in [-0.3, -0.25) is 14.9 Å². The van der Waals surface area contributed by atoms with Crippen LogP contribution in [0.15, 0.2) is 102 Å². The van der Waals surface area contributed by atoms with Gasteiger partial charge in [0, 0.05) is 29.1 Å². The van der Waals surface area contributed by atoms with E-state index in [0.717, 1.165) is 18.6 Å². The van der Waals surface area contributed by atoms with Crippen molar-refractivity contribution in [3.8, 4) is 29.1 Å². The van der Waals surface area contributed by atoms with E-state index in [2.05, 4.69) is 28.3 Å². The minimum atomic E-state index is -0.786. The number of carbonyl (C=O) groups excluding carboxylic acids is 2. The first-order chi connectivity index (χ1) is 24.0. The predicted octanol–water partition coefficient (Wildman–Crippen LogP) is 9.04. The van der Waals surface area contributed by atoms with E-state index in [4.69, 9.17) is 19.6 Å². The Hall–Kier alpha value is -5.25. The number of rotatable bonds is 18. The average molecular weight is 696 g/mol. The molecule has 0 aliphatic heterocycles. The SMILES string of the molecule is CCCCC(CCCCC(Oc1ccc(C#N)cc1)C(=O)Nc1nccs1)C(=O)N(Oc1ccc(Oc2ccccc2)cc1)c1nccs1. The van der Waals surface area contributed by atoms with Crippen LogP contribution in [-0.2, 0) is 9.59 Å². The molecule has 0 radical (unpaired) electrons. The Kier molecular flexibility index (Phi) is 13.1. The third kappa shape index (κ3) is 10.6. The molecule has 49 heavy (non-hydrogen) atoms. The molecule has 0 aliphatic carbocycles. The van der Waals surface area contributed by atoms with Crippen molar-refractivity contribution in [2.24, 2.45) is 5.92 Å². The molecule has 2 unspecified atom stereocenters. The fraction of sp³-hybridized carbons (Fsp3) is 0.270. The van der Waals surface area contributed by atoms with Crippen LogP contribution in [0.3, 0.4) is 0 Å². The number of benzene rings is 3. The molecule has 2 aromatic heterocycles. The van der Waals surface area contributed by atoms with E-state index in [1.54, 1.807) is 66.3 Å². The van der Waals surface area contributed by atoms with Crippen LogP contribution in [-0.4, -0.2) is 27.9 Å². The molecule has 2 amide bonds. The molecule has 1 N–H and O–H groups in total. The third-order valence-electron chi connectivity index (χ3n) is 7.53. The summed E-state index contributed by atoms with van der Waals surface area (Å²) in [7, 11) is 0. The molecule has 252 valence electrons. The molecule has 5 rings (SSSR count). The van der Waals surface area contributed by atoms with Crippen molar-refractivity contribution in [1.29, 1.82) is 5.26 Å². The van der Waals surface area contributed by atoms with Crippen LogP contribution < -0.4 is 24.7 Å². The highest BCUT2D eigenvalue weighted by Crippen LogP contribution is 2.29. The van der Waals surface area contributed by atoms with E-state index < -0.39 is 6.10 Å². The Balaban J connectivity index is 1.23. The van der Waals surface area contributed by atoms with Gasteiger partial charge in [-0.05, 0) is 86.3 Å². The van der Waals surface area contributed by atoms with Crippen molar-refractivity contribution in [2.45, 2.75) is 58.0 Å². The summed E-state index contributed by atoms with van der Waals surface area (Å²) in [6.07, 6.45) is 7.37. The van der Waals surface area contributed by atoms with Crippen molar-refractivity contribution in [2.75, 3.05) is 10.4 Å². The summed E-state index contributed by atoms with van der Waals surface area (Å²) in [5, 5.41) is 17.8. The third-order valence-corrected chi connectivity index (χ3v) is 8.96. The average Bonchev–Trinajstić information content (AvgIpc) is 3.86. The number of ether oxygens (including phenoxy) is 2. The highest BCUT2D eigenvalue weighted by Gasteiger charge is 2.29. The number of hydroxylamine groups is 1. The maximum absolute atomic E-state index is 14.1. The van der Waals surface area contributed by atoms with Gasteiger partial charge in [-0.15, -0.1) is 27.7 Å². The lowest BCUT2D eigenvalue weighted by atomic mass is 9.94. The smallest absolute Gasteiger partial charge is 0.267 e. The number of anilines is 2. The van der Waals surface area contributed by atoms with Gasteiger partial charge in [-0.1, -0.05) is 44.4 Å². The number of nitriles is 1. The normalized spacial score (nSPS) is 11.9. The number of unbranched alkanes of at least 4 members (excludes halogenated alkanes) is 2. The minimum absolute atomic E-state index is 0.167. The minimum Gasteiger partial charge on any atom is -0.481 e. The number of hydrogen-bond donors (Lipinski definition) is 1. The Morgan fingerprint density at radius 3 is 2.14 bits per heavy atom. The van der Waals surface area contributed by atoms with Gasteiger partial charge in [0.2, 0.25) is 5.13 Å². The zero-order valence-electron chi connectivity index (χ0n) is 27.1. The van der Waals surface area contributed by atoms with Crippen LogP contribution in [0.2, 0.25) is 0 Å². The second-order valence-electron chi connectivity index (χ2n) is 11.1. The summed E-state index contributed by atoms with van der Waals surface area (Å²) in [6, 6.07) is 25.4. The fourth-order valence-electron chi connectivity index (χ4n) is 5.01. The number of para-hydroxylation sites is 1. The van der Waals surface area contributed by atoms with Crippen LogP contribution in [0.1, 0.15) is 57.4 Å². The van der Waals surface area contributed by atoms with E-state index in [1.807, 2.05) is 35.7 Å². The molecule has 10 nitrogen and oxygen atoms in total. The summed E-state index contributed by atoms with van der Waals surface area (Å²) >= 11 is 2.65. The van der Waals surface area contributed by atoms with Crippen molar-refractivity contribution < 1.29 is 23.9 Å². The second kappa shape index (κ2) is 18.3. The molecule has 2 heterocycles. The largest absolute Gasteiger partial charge is 0.481 e. The zero-order valence-corrected chi connectivity index (χ0v) is 28.7. The number of carbonyl (C=O) groups is 2. The maximum atomic E-state index is 14.1. The lowest BCUT2D eigenvalue weighted by Crippen LogP contribution is -2.39. The zero-order chi connectivity index (χ0) is 34.3. The molecule has 5 aromatic rings. The monoisotopic (exact) mass is 695 g/mol. The van der Waals surface area contributed by atoms with Gasteiger partial charge >= 0.3 is 0 Å². The van der Waals surface area contributed by atoms with Crippen molar-refractivity contribution in [1.82, 2.24) is 9.97 Å². The molecule has 0 bridgehead atoms. The van der Waals surface area contributed by atoms with E-state index in [1.165, 1.54) is 27.7 Å². The quantitative estimate of drug-likeness (QED) is 0.0711.